The molecule has 0 saturated carbocycles. The van der Waals surface area contributed by atoms with Gasteiger partial charge in [0.1, 0.15) is 0 Å². The zero-order valence-corrected chi connectivity index (χ0v) is 17.9. The lowest BCUT2D eigenvalue weighted by Gasteiger charge is -2.42. The van der Waals surface area contributed by atoms with Crippen LogP contribution in [0.5, 0.6) is 11.5 Å². The van der Waals surface area contributed by atoms with Gasteiger partial charge in [0.05, 0.1) is 25.9 Å². The summed E-state index contributed by atoms with van der Waals surface area (Å²) in [6.45, 7) is 9.09. The summed E-state index contributed by atoms with van der Waals surface area (Å²) in [5.41, 5.74) is 1.47. The number of hydrogen-bond acceptors (Lipinski definition) is 4. The first-order chi connectivity index (χ1) is 12.4. The third kappa shape index (κ3) is 4.00. The first-order valence-corrected chi connectivity index (χ1v) is 13.1. The van der Waals surface area contributed by atoms with E-state index in [2.05, 4.69) is 48.8 Å². The summed E-state index contributed by atoms with van der Waals surface area (Å²) in [6.07, 6.45) is 9.53. The third-order valence-corrected chi connectivity index (χ3v) is 6.54. The van der Waals surface area contributed by atoms with E-state index in [1.165, 1.54) is 24.9 Å². The molecular weight excluding hydrogens is 342 g/mol. The van der Waals surface area contributed by atoms with E-state index in [1.54, 1.807) is 14.2 Å². The third-order valence-electron chi connectivity index (χ3n) is 5.58. The molecule has 1 aromatic carbocycles. The van der Waals surface area contributed by atoms with Gasteiger partial charge in [0, 0.05) is 6.54 Å². The predicted molar refractivity (Wildman–Crippen MR) is 109 cm³/mol. The molecule has 1 aliphatic carbocycles. The molecule has 0 amide bonds. The van der Waals surface area contributed by atoms with E-state index in [0.717, 1.165) is 30.9 Å². The highest BCUT2D eigenvalue weighted by molar-refractivity contribution is 6.69. The van der Waals surface area contributed by atoms with Crippen molar-refractivity contribution in [2.24, 2.45) is 0 Å². The first-order valence-electron chi connectivity index (χ1n) is 9.68. The van der Waals surface area contributed by atoms with Crippen molar-refractivity contribution in [3.63, 3.8) is 0 Å². The lowest BCUT2D eigenvalue weighted by atomic mass is 9.90. The normalized spacial score (nSPS) is 26.0. The predicted octanol–water partition coefficient (Wildman–Crippen LogP) is 4.26. The van der Waals surface area contributed by atoms with Crippen molar-refractivity contribution < 1.29 is 13.9 Å². The Morgan fingerprint density at radius 2 is 1.92 bits per heavy atom. The monoisotopic (exact) mass is 375 g/mol. The number of rotatable bonds is 7. The molecule has 144 valence electrons. The molecular formula is C21H33NO3Si. The summed E-state index contributed by atoms with van der Waals surface area (Å²) in [6, 6.07) is 6.25. The fraction of sp³-hybridized carbons (Fsp3) is 0.619. The van der Waals surface area contributed by atoms with Gasteiger partial charge in [-0.15, -0.1) is 0 Å². The summed E-state index contributed by atoms with van der Waals surface area (Å²) >= 11 is 0. The van der Waals surface area contributed by atoms with Crippen molar-refractivity contribution >= 4 is 8.32 Å². The minimum absolute atomic E-state index is 0.177. The SMILES string of the molecule is COc1ccc(CCN2CCC[C@@]23CC=CC3O[Si](C)(C)C)cc1OC. The Morgan fingerprint density at radius 3 is 2.62 bits per heavy atom. The number of likely N-dealkylation sites (tertiary alicyclic amines) is 1. The van der Waals surface area contributed by atoms with E-state index in [9.17, 15) is 0 Å². The second-order valence-electron chi connectivity index (χ2n) is 8.42. The molecule has 0 aromatic heterocycles. The van der Waals surface area contributed by atoms with Gasteiger partial charge >= 0.3 is 0 Å². The van der Waals surface area contributed by atoms with Crippen LogP contribution < -0.4 is 9.47 Å². The molecule has 5 heteroatoms. The van der Waals surface area contributed by atoms with Gasteiger partial charge in [-0.3, -0.25) is 4.90 Å². The molecule has 1 unspecified atom stereocenters. The van der Waals surface area contributed by atoms with E-state index in [4.69, 9.17) is 13.9 Å². The molecule has 2 atom stereocenters. The van der Waals surface area contributed by atoms with E-state index < -0.39 is 8.32 Å². The lowest BCUT2D eigenvalue weighted by Crippen LogP contribution is -2.53. The van der Waals surface area contributed by atoms with Gasteiger partial charge in [0.15, 0.2) is 19.8 Å². The van der Waals surface area contributed by atoms with Gasteiger partial charge in [-0.1, -0.05) is 18.2 Å². The molecule has 4 nitrogen and oxygen atoms in total. The van der Waals surface area contributed by atoms with Crippen LogP contribution >= 0.6 is 0 Å². The Balaban J connectivity index is 1.69. The highest BCUT2D eigenvalue weighted by Gasteiger charge is 2.49. The van der Waals surface area contributed by atoms with E-state index in [1.807, 2.05) is 6.07 Å². The van der Waals surface area contributed by atoms with E-state index >= 15 is 0 Å². The highest BCUT2D eigenvalue weighted by Crippen LogP contribution is 2.42. The topological polar surface area (TPSA) is 30.9 Å². The summed E-state index contributed by atoms with van der Waals surface area (Å²) in [7, 11) is 1.81. The lowest BCUT2D eigenvalue weighted by molar-refractivity contribution is 0.0423. The van der Waals surface area contributed by atoms with Crippen molar-refractivity contribution in [3.8, 4) is 11.5 Å². The Kier molecular flexibility index (Phi) is 5.80. The van der Waals surface area contributed by atoms with Crippen LogP contribution in [0.25, 0.3) is 0 Å². The summed E-state index contributed by atoms with van der Waals surface area (Å²) in [5.74, 6) is 1.60. The smallest absolute Gasteiger partial charge is 0.184 e. The van der Waals surface area contributed by atoms with Gasteiger partial charge in [-0.2, -0.15) is 0 Å². The average Bonchev–Trinajstić information content (AvgIpc) is 3.19. The molecule has 1 aromatic rings. The molecule has 1 saturated heterocycles. The zero-order valence-electron chi connectivity index (χ0n) is 16.9. The van der Waals surface area contributed by atoms with E-state index in [0.29, 0.717) is 0 Å². The summed E-state index contributed by atoms with van der Waals surface area (Å²) in [5, 5.41) is 0. The number of benzene rings is 1. The van der Waals surface area contributed by atoms with Crippen LogP contribution in [0.15, 0.2) is 30.4 Å². The zero-order chi connectivity index (χ0) is 18.8. The number of nitrogens with zero attached hydrogens (tertiary/aromatic N) is 1. The van der Waals surface area contributed by atoms with Gasteiger partial charge < -0.3 is 13.9 Å². The second-order valence-corrected chi connectivity index (χ2v) is 12.9. The molecule has 1 spiro atoms. The Morgan fingerprint density at radius 1 is 1.15 bits per heavy atom. The van der Waals surface area contributed by atoms with Gasteiger partial charge in [0.25, 0.3) is 0 Å². The molecule has 3 rings (SSSR count). The van der Waals surface area contributed by atoms with E-state index in [-0.39, 0.29) is 11.6 Å². The quantitative estimate of drug-likeness (QED) is 0.526. The maximum atomic E-state index is 6.56. The maximum Gasteiger partial charge on any atom is 0.184 e. The van der Waals surface area contributed by atoms with Crippen molar-refractivity contribution in [1.82, 2.24) is 4.90 Å². The minimum Gasteiger partial charge on any atom is -0.493 e. The Bertz CT molecular complexity index is 655. The van der Waals surface area contributed by atoms with Crippen molar-refractivity contribution in [1.29, 1.82) is 0 Å². The average molecular weight is 376 g/mol. The number of methoxy groups -OCH3 is 2. The van der Waals surface area contributed by atoms with Crippen LogP contribution in [0.3, 0.4) is 0 Å². The molecule has 26 heavy (non-hydrogen) atoms. The largest absolute Gasteiger partial charge is 0.493 e. The van der Waals surface area contributed by atoms with Crippen LogP contribution in [0.2, 0.25) is 19.6 Å². The van der Waals surface area contributed by atoms with Crippen molar-refractivity contribution in [2.75, 3.05) is 27.3 Å². The minimum atomic E-state index is -1.56. The standard InChI is InChI=1S/C21H33NO3Si/c1-23-18-10-9-17(16-19(18)24-2)11-15-22-14-7-13-21(22)12-6-8-20(21)25-26(3,4)5/h6,8-10,16,20H,7,11-15H2,1-5H3/t20?,21-/m1/s1. The van der Waals surface area contributed by atoms with Gasteiger partial charge in [-0.05, 0) is 69.6 Å². The molecule has 0 N–H and O–H groups in total. The van der Waals surface area contributed by atoms with Crippen LogP contribution in [-0.2, 0) is 10.8 Å². The van der Waals surface area contributed by atoms with Crippen LogP contribution in [0.1, 0.15) is 24.8 Å². The van der Waals surface area contributed by atoms with Gasteiger partial charge in [0.2, 0.25) is 0 Å². The van der Waals surface area contributed by atoms with Crippen molar-refractivity contribution in [3.05, 3.63) is 35.9 Å². The molecule has 2 aliphatic rings. The fourth-order valence-corrected chi connectivity index (χ4v) is 5.43. The Hall–Kier alpha value is -1.30. The molecule has 1 heterocycles. The Labute approximate surface area is 159 Å². The highest BCUT2D eigenvalue weighted by atomic mass is 28.4. The summed E-state index contributed by atoms with van der Waals surface area (Å²) in [4.78, 5) is 2.68. The van der Waals surface area contributed by atoms with Crippen LogP contribution in [-0.4, -0.2) is 52.2 Å². The molecule has 0 bridgehead atoms. The van der Waals surface area contributed by atoms with Crippen LogP contribution in [0.4, 0.5) is 0 Å². The van der Waals surface area contributed by atoms with Crippen molar-refractivity contribution in [2.45, 2.75) is 57.0 Å². The number of hydrogen-bond donors (Lipinski definition) is 0. The maximum absolute atomic E-state index is 6.56. The van der Waals surface area contributed by atoms with Crippen LogP contribution in [0, 0.1) is 0 Å². The molecule has 1 aliphatic heterocycles. The van der Waals surface area contributed by atoms with Gasteiger partial charge in [-0.25, -0.2) is 0 Å². The number of ether oxygens (including phenoxy) is 2. The fourth-order valence-electron chi connectivity index (χ4n) is 4.37. The molecule has 0 radical (unpaired) electrons. The second kappa shape index (κ2) is 7.75. The summed E-state index contributed by atoms with van der Waals surface area (Å²) < 4.78 is 17.4. The first kappa shape index (κ1) is 19.5. The molecule has 1 fully saturated rings.